The van der Waals surface area contributed by atoms with Gasteiger partial charge in [0, 0.05) is 18.4 Å². The predicted octanol–water partition coefficient (Wildman–Crippen LogP) is 1.93. The van der Waals surface area contributed by atoms with Crippen LogP contribution in [0.2, 0.25) is 0 Å². The van der Waals surface area contributed by atoms with E-state index in [-0.39, 0.29) is 17.5 Å². The fourth-order valence-corrected chi connectivity index (χ4v) is 2.72. The molecule has 8 heteroatoms. The third-order valence-corrected chi connectivity index (χ3v) is 4.21. The summed E-state index contributed by atoms with van der Waals surface area (Å²) in [5.74, 6) is 0.277. The molecule has 1 aromatic heterocycles. The number of para-hydroxylation sites is 1. The minimum Gasteiger partial charge on any atom is -0.369 e. The van der Waals surface area contributed by atoms with E-state index in [0.29, 0.717) is 12.1 Å². The van der Waals surface area contributed by atoms with Crippen LogP contribution in [0.15, 0.2) is 70.6 Å². The van der Waals surface area contributed by atoms with Crippen molar-refractivity contribution in [3.8, 4) is 11.1 Å². The molecule has 0 aliphatic carbocycles. The van der Waals surface area contributed by atoms with Gasteiger partial charge in [-0.3, -0.25) is 9.78 Å². The van der Waals surface area contributed by atoms with Crippen molar-refractivity contribution in [2.45, 2.75) is 13.0 Å². The fourth-order valence-electron chi connectivity index (χ4n) is 2.72. The average molecular weight is 391 g/mol. The van der Waals surface area contributed by atoms with Gasteiger partial charge in [-0.05, 0) is 42.8 Å². The Hall–Kier alpha value is -3.49. The molecule has 1 heterocycles. The summed E-state index contributed by atoms with van der Waals surface area (Å²) < 4.78 is 0. The van der Waals surface area contributed by atoms with Crippen LogP contribution >= 0.6 is 0 Å². The van der Waals surface area contributed by atoms with Gasteiger partial charge in [0.15, 0.2) is 0 Å². The van der Waals surface area contributed by atoms with Crippen molar-refractivity contribution in [1.29, 1.82) is 0 Å². The Morgan fingerprint density at radius 2 is 1.86 bits per heavy atom. The van der Waals surface area contributed by atoms with Crippen molar-refractivity contribution in [2.75, 3.05) is 18.4 Å². The van der Waals surface area contributed by atoms with E-state index >= 15 is 0 Å². The first kappa shape index (κ1) is 20.2. The second kappa shape index (κ2) is 10.2. The summed E-state index contributed by atoms with van der Waals surface area (Å²) >= 11 is 0. The van der Waals surface area contributed by atoms with E-state index in [1.54, 1.807) is 0 Å². The molecule has 0 saturated heterocycles. The summed E-state index contributed by atoms with van der Waals surface area (Å²) in [6.07, 6.45) is 2.45. The molecule has 3 aromatic rings. The monoisotopic (exact) mass is 391 g/mol. The molecular formula is C21H25N7O. The quantitative estimate of drug-likeness (QED) is 0.226. The Bertz CT molecular complexity index is 998. The predicted molar refractivity (Wildman–Crippen MR) is 117 cm³/mol. The summed E-state index contributed by atoms with van der Waals surface area (Å²) in [7, 11) is 0. The maximum Gasteiger partial charge on any atom is 0.260 e. The van der Waals surface area contributed by atoms with Crippen molar-refractivity contribution < 1.29 is 0 Å². The van der Waals surface area contributed by atoms with Gasteiger partial charge in [0.2, 0.25) is 11.9 Å². The molecule has 0 aliphatic heterocycles. The van der Waals surface area contributed by atoms with Gasteiger partial charge in [0.05, 0.1) is 5.56 Å². The molecule has 0 radical (unpaired) electrons. The third-order valence-electron chi connectivity index (χ3n) is 4.21. The number of hydrogen-bond donors (Lipinski definition) is 5. The van der Waals surface area contributed by atoms with Gasteiger partial charge in [-0.15, -0.1) is 0 Å². The number of nitrogens with zero attached hydrogens (tertiary/aromatic N) is 2. The fraction of sp³-hybridized carbons (Fsp3) is 0.190. The second-order valence-electron chi connectivity index (χ2n) is 6.45. The smallest absolute Gasteiger partial charge is 0.260 e. The van der Waals surface area contributed by atoms with Crippen LogP contribution in [-0.4, -0.2) is 29.0 Å². The number of rotatable bonds is 8. The van der Waals surface area contributed by atoms with Crippen LogP contribution in [0.1, 0.15) is 12.0 Å². The van der Waals surface area contributed by atoms with E-state index in [2.05, 4.69) is 25.6 Å². The topological polar surface area (TPSA) is 134 Å². The molecule has 3 rings (SSSR count). The lowest BCUT2D eigenvalue weighted by atomic mass is 10.1. The first-order chi connectivity index (χ1) is 14.2. The van der Waals surface area contributed by atoms with E-state index in [0.717, 1.165) is 36.3 Å². The molecule has 7 N–H and O–H groups in total. The van der Waals surface area contributed by atoms with Crippen molar-refractivity contribution in [2.24, 2.45) is 16.5 Å². The maximum atomic E-state index is 12.5. The number of aromatic nitrogens is 2. The van der Waals surface area contributed by atoms with Crippen molar-refractivity contribution in [1.82, 2.24) is 15.3 Å². The van der Waals surface area contributed by atoms with Crippen LogP contribution in [0, 0.1) is 0 Å². The molecule has 0 fully saturated rings. The highest BCUT2D eigenvalue weighted by Crippen LogP contribution is 2.16. The van der Waals surface area contributed by atoms with Gasteiger partial charge < -0.3 is 22.1 Å². The number of benzene rings is 2. The number of H-pyrrole nitrogens is 1. The first-order valence-electron chi connectivity index (χ1n) is 9.41. The highest BCUT2D eigenvalue weighted by Gasteiger charge is 2.06. The number of nitrogens with one attached hydrogen (secondary N) is 3. The maximum absolute atomic E-state index is 12.5. The van der Waals surface area contributed by atoms with Gasteiger partial charge in [0.1, 0.15) is 0 Å². The molecule has 150 valence electrons. The largest absolute Gasteiger partial charge is 0.369 e. The lowest BCUT2D eigenvalue weighted by Gasteiger charge is -2.06. The number of aromatic amines is 1. The van der Waals surface area contributed by atoms with Crippen molar-refractivity contribution in [3.63, 3.8) is 0 Å². The Balaban J connectivity index is 1.67. The Labute approximate surface area is 169 Å². The Kier molecular flexibility index (Phi) is 7.10. The second-order valence-corrected chi connectivity index (χ2v) is 6.45. The zero-order chi connectivity index (χ0) is 20.5. The Morgan fingerprint density at radius 1 is 1.10 bits per heavy atom. The average Bonchev–Trinajstić information content (AvgIpc) is 2.73. The van der Waals surface area contributed by atoms with E-state index in [9.17, 15) is 4.79 Å². The van der Waals surface area contributed by atoms with E-state index in [4.69, 9.17) is 11.5 Å². The SMILES string of the molecule is NCCCNCc1ccc(-c2cnc(N=C(N)Nc3ccccc3)[nH]c2=O)cc1. The minimum atomic E-state index is -0.278. The molecule has 29 heavy (non-hydrogen) atoms. The van der Waals surface area contributed by atoms with Gasteiger partial charge >= 0.3 is 0 Å². The zero-order valence-electron chi connectivity index (χ0n) is 16.1. The molecule has 8 nitrogen and oxygen atoms in total. The third kappa shape index (κ3) is 6.00. The summed E-state index contributed by atoms with van der Waals surface area (Å²) in [5.41, 5.74) is 14.3. The number of hydrogen-bond acceptors (Lipinski definition) is 5. The molecule has 0 spiro atoms. The minimum absolute atomic E-state index is 0.138. The number of aliphatic imine (C=N–C) groups is 1. The summed E-state index contributed by atoms with van der Waals surface area (Å²) in [5, 5.41) is 6.26. The van der Waals surface area contributed by atoms with Gasteiger partial charge in [-0.25, -0.2) is 4.98 Å². The number of guanidine groups is 1. The van der Waals surface area contributed by atoms with Crippen molar-refractivity contribution in [3.05, 3.63) is 76.7 Å². The normalized spacial score (nSPS) is 11.4. The standard InChI is InChI=1S/C21H25N7O/c22-11-4-12-24-13-15-7-9-16(10-8-15)18-14-25-21(27-19(18)29)28-20(23)26-17-5-2-1-3-6-17/h1-3,5-10,14,24H,4,11-13,22H2,(H4,23,25,26,27,28,29). The van der Waals surface area contributed by atoms with Crippen LogP contribution in [0.5, 0.6) is 0 Å². The van der Waals surface area contributed by atoms with Crippen LogP contribution in [-0.2, 0) is 6.54 Å². The van der Waals surface area contributed by atoms with Gasteiger partial charge in [0.25, 0.3) is 5.56 Å². The molecular weight excluding hydrogens is 366 g/mol. The van der Waals surface area contributed by atoms with E-state index in [1.807, 2.05) is 54.6 Å². The number of anilines is 1. The molecule has 0 aliphatic rings. The number of nitrogens with two attached hydrogens (primary N) is 2. The first-order valence-corrected chi connectivity index (χ1v) is 9.41. The van der Waals surface area contributed by atoms with Crippen molar-refractivity contribution >= 4 is 17.6 Å². The van der Waals surface area contributed by atoms with E-state index < -0.39 is 0 Å². The molecule has 0 atom stereocenters. The van der Waals surface area contributed by atoms with Crippen LogP contribution in [0.25, 0.3) is 11.1 Å². The lowest BCUT2D eigenvalue weighted by Crippen LogP contribution is -2.22. The van der Waals surface area contributed by atoms with Gasteiger partial charge in [-0.1, -0.05) is 42.5 Å². The van der Waals surface area contributed by atoms with Crippen LogP contribution in [0.3, 0.4) is 0 Å². The highest BCUT2D eigenvalue weighted by molar-refractivity contribution is 5.93. The molecule has 0 amide bonds. The van der Waals surface area contributed by atoms with E-state index in [1.165, 1.54) is 6.20 Å². The highest BCUT2D eigenvalue weighted by atomic mass is 16.1. The molecule has 2 aromatic carbocycles. The summed E-state index contributed by atoms with van der Waals surface area (Å²) in [6, 6.07) is 17.2. The van der Waals surface area contributed by atoms with Crippen LogP contribution in [0.4, 0.5) is 11.6 Å². The molecule has 0 saturated carbocycles. The molecule has 0 bridgehead atoms. The lowest BCUT2D eigenvalue weighted by molar-refractivity contribution is 0.655. The Morgan fingerprint density at radius 3 is 2.55 bits per heavy atom. The summed E-state index contributed by atoms with van der Waals surface area (Å²) in [6.45, 7) is 2.32. The van der Waals surface area contributed by atoms with Crippen LogP contribution < -0.4 is 27.7 Å². The molecule has 0 unspecified atom stereocenters. The van der Waals surface area contributed by atoms with Gasteiger partial charge in [-0.2, -0.15) is 4.99 Å². The summed E-state index contributed by atoms with van der Waals surface area (Å²) in [4.78, 5) is 23.4. The zero-order valence-corrected chi connectivity index (χ0v) is 16.1.